The SMILES string of the molecule is COC(=O)Nc1c(N)nc(N2Cc3ccc(F)cc3C(Cc3cc(F)cc(F)c3F)=N2)nc1N. The predicted octanol–water partition coefficient (Wildman–Crippen LogP) is 3.34. The Morgan fingerprint density at radius 2 is 1.79 bits per heavy atom. The van der Waals surface area contributed by atoms with Crippen LogP contribution in [0, 0.1) is 23.3 Å². The number of carbonyl (C=O) groups excluding carboxylic acids is 1. The Hall–Kier alpha value is -4.42. The molecule has 1 amide bonds. The number of aromatic nitrogens is 2. The lowest BCUT2D eigenvalue weighted by molar-refractivity contribution is 0.187. The lowest BCUT2D eigenvalue weighted by atomic mass is 9.96. The number of nitrogens with zero attached hydrogens (tertiary/aromatic N) is 4. The van der Waals surface area contributed by atoms with E-state index in [9.17, 15) is 22.4 Å². The van der Waals surface area contributed by atoms with Crippen LogP contribution in [0.3, 0.4) is 0 Å². The van der Waals surface area contributed by atoms with E-state index >= 15 is 0 Å². The number of carbonyl (C=O) groups is 1. The molecule has 2 aromatic carbocycles. The molecule has 13 heteroatoms. The van der Waals surface area contributed by atoms with E-state index < -0.39 is 29.4 Å². The third-order valence-corrected chi connectivity index (χ3v) is 4.97. The molecule has 2 heterocycles. The minimum atomic E-state index is -1.36. The largest absolute Gasteiger partial charge is 0.453 e. The Morgan fingerprint density at radius 1 is 1.09 bits per heavy atom. The molecule has 5 N–H and O–H groups in total. The third-order valence-electron chi connectivity index (χ3n) is 4.97. The van der Waals surface area contributed by atoms with Crippen LogP contribution < -0.4 is 21.8 Å². The molecule has 1 aliphatic rings. The Bertz CT molecular complexity index is 1310. The number of ether oxygens (including phenoxy) is 1. The van der Waals surface area contributed by atoms with Gasteiger partial charge in [-0.25, -0.2) is 27.4 Å². The minimum absolute atomic E-state index is 0.0573. The van der Waals surface area contributed by atoms with Gasteiger partial charge in [0.05, 0.1) is 19.4 Å². The van der Waals surface area contributed by atoms with Crippen LogP contribution in [0.4, 0.5) is 45.6 Å². The summed E-state index contributed by atoms with van der Waals surface area (Å²) in [4.78, 5) is 19.7. The summed E-state index contributed by atoms with van der Waals surface area (Å²) in [5.74, 6) is -4.61. The van der Waals surface area contributed by atoms with Crippen LogP contribution in [0.15, 0.2) is 35.4 Å². The maximum absolute atomic E-state index is 14.3. The number of nitrogen functional groups attached to an aromatic ring is 2. The number of nitrogens with one attached hydrogen (secondary N) is 1. The van der Waals surface area contributed by atoms with Gasteiger partial charge in [0.2, 0.25) is 0 Å². The third kappa shape index (κ3) is 4.40. The second-order valence-corrected chi connectivity index (χ2v) is 7.23. The molecular weight excluding hydrogens is 458 g/mol. The normalized spacial score (nSPS) is 12.7. The number of benzene rings is 2. The van der Waals surface area contributed by atoms with Crippen LogP contribution in [0.2, 0.25) is 0 Å². The molecular formula is C21H17F4N7O2. The number of hydrogen-bond donors (Lipinski definition) is 3. The summed E-state index contributed by atoms with van der Waals surface area (Å²) in [5.41, 5.74) is 12.4. The highest BCUT2D eigenvalue weighted by Gasteiger charge is 2.25. The summed E-state index contributed by atoms with van der Waals surface area (Å²) >= 11 is 0. The first-order chi connectivity index (χ1) is 16.2. The molecule has 0 saturated heterocycles. The molecule has 1 aromatic heterocycles. The fourth-order valence-electron chi connectivity index (χ4n) is 3.40. The standard InChI is InChI=1S/C21H17F4N7O2/c1-34-21(33)28-17-18(26)29-20(30-19(17)27)32-8-9-2-3-11(22)6-13(9)15(31-32)5-10-4-12(23)7-14(24)16(10)25/h2-4,6-7H,5,8H2,1H3,(H,28,33)(H4,26,27,29,30). The first-order valence-corrected chi connectivity index (χ1v) is 9.71. The topological polar surface area (TPSA) is 132 Å². The zero-order valence-electron chi connectivity index (χ0n) is 17.6. The molecule has 3 aromatic rings. The molecule has 4 rings (SSSR count). The van der Waals surface area contributed by atoms with Gasteiger partial charge >= 0.3 is 6.09 Å². The maximum Gasteiger partial charge on any atom is 0.411 e. The molecule has 9 nitrogen and oxygen atoms in total. The maximum atomic E-state index is 14.3. The lowest BCUT2D eigenvalue weighted by Crippen LogP contribution is -2.29. The minimum Gasteiger partial charge on any atom is -0.453 e. The highest BCUT2D eigenvalue weighted by molar-refractivity contribution is 6.04. The van der Waals surface area contributed by atoms with Gasteiger partial charge in [-0.2, -0.15) is 15.1 Å². The number of halogens is 4. The number of hydrazone groups is 1. The fraction of sp³-hybridized carbons (Fsp3) is 0.143. The summed E-state index contributed by atoms with van der Waals surface area (Å²) in [6, 6.07) is 5.14. The number of rotatable bonds is 4. The first kappa shape index (κ1) is 22.8. The molecule has 0 atom stereocenters. The van der Waals surface area contributed by atoms with Crippen molar-refractivity contribution in [3.63, 3.8) is 0 Å². The van der Waals surface area contributed by atoms with Gasteiger partial charge in [0.25, 0.3) is 5.95 Å². The van der Waals surface area contributed by atoms with Gasteiger partial charge in [0, 0.05) is 18.1 Å². The molecule has 0 unspecified atom stereocenters. The number of hydrogen-bond acceptors (Lipinski definition) is 8. The van der Waals surface area contributed by atoms with Crippen molar-refractivity contribution in [3.05, 3.63) is 70.3 Å². The van der Waals surface area contributed by atoms with E-state index in [0.29, 0.717) is 17.2 Å². The van der Waals surface area contributed by atoms with Gasteiger partial charge in [0.15, 0.2) is 23.3 Å². The lowest BCUT2D eigenvalue weighted by Gasteiger charge is -2.27. The fourth-order valence-corrected chi connectivity index (χ4v) is 3.40. The van der Waals surface area contributed by atoms with E-state index in [0.717, 1.165) is 13.2 Å². The van der Waals surface area contributed by atoms with Crippen molar-refractivity contribution < 1.29 is 27.1 Å². The Balaban J connectivity index is 1.77. The van der Waals surface area contributed by atoms with Crippen molar-refractivity contribution >= 4 is 35.1 Å². The van der Waals surface area contributed by atoms with Crippen LogP contribution in [0.5, 0.6) is 0 Å². The number of fused-ring (bicyclic) bond motifs is 1. The van der Waals surface area contributed by atoms with Gasteiger partial charge in [-0.3, -0.25) is 5.32 Å². The summed E-state index contributed by atoms with van der Waals surface area (Å²) < 4.78 is 60.2. The number of nitrogens with two attached hydrogens (primary N) is 2. The van der Waals surface area contributed by atoms with Gasteiger partial charge in [0.1, 0.15) is 17.3 Å². The summed E-state index contributed by atoms with van der Waals surface area (Å²) in [5, 5.41) is 7.90. The van der Waals surface area contributed by atoms with Crippen molar-refractivity contribution in [1.82, 2.24) is 9.97 Å². The Morgan fingerprint density at radius 3 is 2.47 bits per heavy atom. The molecule has 0 saturated carbocycles. The number of anilines is 4. The van der Waals surface area contributed by atoms with Crippen LogP contribution in [-0.2, 0) is 17.7 Å². The molecule has 0 fully saturated rings. The molecule has 0 spiro atoms. The van der Waals surface area contributed by atoms with E-state index in [-0.39, 0.29) is 47.5 Å². The van der Waals surface area contributed by atoms with Crippen molar-refractivity contribution in [2.75, 3.05) is 28.9 Å². The zero-order chi connectivity index (χ0) is 24.6. The van der Waals surface area contributed by atoms with Crippen molar-refractivity contribution in [3.8, 4) is 0 Å². The highest BCUT2D eigenvalue weighted by atomic mass is 19.2. The van der Waals surface area contributed by atoms with Gasteiger partial charge in [-0.1, -0.05) is 6.07 Å². The molecule has 176 valence electrons. The van der Waals surface area contributed by atoms with Gasteiger partial charge in [-0.15, -0.1) is 0 Å². The van der Waals surface area contributed by atoms with Crippen molar-refractivity contribution in [2.45, 2.75) is 13.0 Å². The number of methoxy groups -OCH3 is 1. The van der Waals surface area contributed by atoms with Crippen LogP contribution in [0.25, 0.3) is 0 Å². The molecule has 0 radical (unpaired) electrons. The summed E-state index contributed by atoms with van der Waals surface area (Å²) in [6.45, 7) is 0.0573. The van der Waals surface area contributed by atoms with E-state index in [1.165, 1.54) is 23.2 Å². The molecule has 1 aliphatic heterocycles. The quantitative estimate of drug-likeness (QED) is 0.390. The average Bonchev–Trinajstić information content (AvgIpc) is 2.79. The number of amides is 1. The van der Waals surface area contributed by atoms with Crippen LogP contribution >= 0.6 is 0 Å². The highest BCUT2D eigenvalue weighted by Crippen LogP contribution is 2.30. The molecule has 0 bridgehead atoms. The summed E-state index contributed by atoms with van der Waals surface area (Å²) in [6.07, 6.45) is -1.20. The molecule has 0 aliphatic carbocycles. The Kier molecular flexibility index (Phi) is 5.92. The van der Waals surface area contributed by atoms with Crippen molar-refractivity contribution in [1.29, 1.82) is 0 Å². The summed E-state index contributed by atoms with van der Waals surface area (Å²) in [7, 11) is 1.15. The van der Waals surface area contributed by atoms with E-state index in [2.05, 4.69) is 25.1 Å². The van der Waals surface area contributed by atoms with Gasteiger partial charge < -0.3 is 16.2 Å². The monoisotopic (exact) mass is 475 g/mol. The van der Waals surface area contributed by atoms with E-state index in [1.54, 1.807) is 0 Å². The second-order valence-electron chi connectivity index (χ2n) is 7.23. The van der Waals surface area contributed by atoms with Crippen LogP contribution in [0.1, 0.15) is 16.7 Å². The first-order valence-electron chi connectivity index (χ1n) is 9.71. The predicted molar refractivity (Wildman–Crippen MR) is 116 cm³/mol. The van der Waals surface area contributed by atoms with Gasteiger partial charge in [-0.05, 0) is 29.3 Å². The van der Waals surface area contributed by atoms with Crippen LogP contribution in [-0.4, -0.2) is 28.9 Å². The molecule has 34 heavy (non-hydrogen) atoms. The van der Waals surface area contributed by atoms with E-state index in [4.69, 9.17) is 11.5 Å². The van der Waals surface area contributed by atoms with E-state index in [1.807, 2.05) is 0 Å². The Labute approximate surface area is 190 Å². The smallest absolute Gasteiger partial charge is 0.411 e. The van der Waals surface area contributed by atoms with Crippen molar-refractivity contribution in [2.24, 2.45) is 5.10 Å². The zero-order valence-corrected chi connectivity index (χ0v) is 17.6. The second kappa shape index (κ2) is 8.84. The average molecular weight is 475 g/mol.